The number of hydrogen-bond acceptors (Lipinski definition) is 4. The lowest BCUT2D eigenvalue weighted by atomic mass is 10.1. The largest absolute Gasteiger partial charge is 0.478 e. The standard InChI is InChI=1S/C12H17N3O3/c1-7(2)15-11(16)6-14-8-3-4-9(12(17)18)10(13)5-8/h3-5,7,14H,6,13H2,1-2H3,(H,15,16)(H,17,18). The first kappa shape index (κ1) is 13.8. The molecule has 0 aliphatic rings. The van der Waals surface area contributed by atoms with Gasteiger partial charge < -0.3 is 21.5 Å². The van der Waals surface area contributed by atoms with Gasteiger partial charge >= 0.3 is 5.97 Å². The van der Waals surface area contributed by atoms with Gasteiger partial charge in [0.15, 0.2) is 0 Å². The number of nitrogen functional groups attached to an aromatic ring is 1. The lowest BCUT2D eigenvalue weighted by Gasteiger charge is -2.11. The van der Waals surface area contributed by atoms with E-state index < -0.39 is 5.97 Å². The first-order valence-corrected chi connectivity index (χ1v) is 5.56. The maximum absolute atomic E-state index is 11.4. The fourth-order valence-corrected chi connectivity index (χ4v) is 1.42. The average molecular weight is 251 g/mol. The van der Waals surface area contributed by atoms with Crippen LogP contribution >= 0.6 is 0 Å². The molecule has 0 aliphatic carbocycles. The fourth-order valence-electron chi connectivity index (χ4n) is 1.42. The van der Waals surface area contributed by atoms with E-state index in [1.54, 1.807) is 6.07 Å². The van der Waals surface area contributed by atoms with Crippen LogP contribution in [-0.4, -0.2) is 29.6 Å². The van der Waals surface area contributed by atoms with Crippen molar-refractivity contribution >= 4 is 23.3 Å². The van der Waals surface area contributed by atoms with E-state index in [2.05, 4.69) is 10.6 Å². The van der Waals surface area contributed by atoms with E-state index in [0.29, 0.717) is 5.69 Å². The number of rotatable bonds is 5. The summed E-state index contributed by atoms with van der Waals surface area (Å²) >= 11 is 0. The second-order valence-corrected chi connectivity index (χ2v) is 4.18. The van der Waals surface area contributed by atoms with Crippen molar-refractivity contribution < 1.29 is 14.7 Å². The lowest BCUT2D eigenvalue weighted by molar-refractivity contribution is -0.119. The molecule has 0 bridgehead atoms. The number of nitrogens with two attached hydrogens (primary N) is 1. The number of nitrogens with one attached hydrogen (secondary N) is 2. The number of benzene rings is 1. The van der Waals surface area contributed by atoms with Crippen LogP contribution in [0.2, 0.25) is 0 Å². The minimum absolute atomic E-state index is 0.0483. The molecule has 1 rings (SSSR count). The van der Waals surface area contributed by atoms with Crippen LogP contribution in [0.5, 0.6) is 0 Å². The number of hydrogen-bond donors (Lipinski definition) is 4. The molecule has 0 radical (unpaired) electrons. The number of carboxylic acid groups (broad SMARTS) is 1. The number of anilines is 2. The van der Waals surface area contributed by atoms with E-state index in [0.717, 1.165) is 0 Å². The molecule has 1 amide bonds. The van der Waals surface area contributed by atoms with E-state index in [1.165, 1.54) is 12.1 Å². The van der Waals surface area contributed by atoms with E-state index in [9.17, 15) is 9.59 Å². The average Bonchev–Trinajstić information content (AvgIpc) is 2.25. The van der Waals surface area contributed by atoms with Gasteiger partial charge in [-0.15, -0.1) is 0 Å². The van der Waals surface area contributed by atoms with E-state index in [-0.39, 0.29) is 29.7 Å². The number of carbonyl (C=O) groups excluding carboxylic acids is 1. The summed E-state index contributed by atoms with van der Waals surface area (Å²) in [7, 11) is 0. The van der Waals surface area contributed by atoms with Gasteiger partial charge in [0.2, 0.25) is 5.91 Å². The van der Waals surface area contributed by atoms with Crippen molar-refractivity contribution in [3.63, 3.8) is 0 Å². The Hall–Kier alpha value is -2.24. The molecule has 6 heteroatoms. The molecule has 1 aromatic rings. The van der Waals surface area contributed by atoms with Crippen molar-refractivity contribution in [1.29, 1.82) is 0 Å². The third kappa shape index (κ3) is 3.97. The van der Waals surface area contributed by atoms with Crippen molar-refractivity contribution in [2.75, 3.05) is 17.6 Å². The van der Waals surface area contributed by atoms with E-state index >= 15 is 0 Å². The highest BCUT2D eigenvalue weighted by Gasteiger charge is 2.08. The zero-order chi connectivity index (χ0) is 13.7. The SMILES string of the molecule is CC(C)NC(=O)CNc1ccc(C(=O)O)c(N)c1. The maximum Gasteiger partial charge on any atom is 0.337 e. The molecule has 0 aromatic heterocycles. The molecule has 0 fully saturated rings. The van der Waals surface area contributed by atoms with Gasteiger partial charge in [0.1, 0.15) is 0 Å². The molecule has 0 spiro atoms. The number of carbonyl (C=O) groups is 2. The molecule has 0 saturated carbocycles. The second-order valence-electron chi connectivity index (χ2n) is 4.18. The van der Waals surface area contributed by atoms with Gasteiger partial charge in [-0.25, -0.2) is 4.79 Å². The van der Waals surface area contributed by atoms with Crippen molar-refractivity contribution in [2.24, 2.45) is 0 Å². The minimum atomic E-state index is -1.07. The second kappa shape index (κ2) is 5.90. The summed E-state index contributed by atoms with van der Waals surface area (Å²) in [6.07, 6.45) is 0. The molecule has 0 unspecified atom stereocenters. The van der Waals surface area contributed by atoms with Gasteiger partial charge in [-0.1, -0.05) is 0 Å². The van der Waals surface area contributed by atoms with Gasteiger partial charge in [-0.2, -0.15) is 0 Å². The summed E-state index contributed by atoms with van der Waals surface area (Å²) < 4.78 is 0. The predicted octanol–water partition coefficient (Wildman–Crippen LogP) is 0.903. The molecule has 18 heavy (non-hydrogen) atoms. The quantitative estimate of drug-likeness (QED) is 0.582. The summed E-state index contributed by atoms with van der Waals surface area (Å²) in [6, 6.07) is 4.55. The topological polar surface area (TPSA) is 104 Å². The first-order valence-electron chi connectivity index (χ1n) is 5.56. The van der Waals surface area contributed by atoms with Gasteiger partial charge in [-0.05, 0) is 32.0 Å². The molecule has 1 aromatic carbocycles. The normalized spacial score (nSPS) is 10.2. The van der Waals surface area contributed by atoms with Crippen LogP contribution in [0.1, 0.15) is 24.2 Å². The van der Waals surface area contributed by atoms with Crippen molar-refractivity contribution in [3.05, 3.63) is 23.8 Å². The number of amides is 1. The highest BCUT2D eigenvalue weighted by molar-refractivity contribution is 5.94. The van der Waals surface area contributed by atoms with Crippen molar-refractivity contribution in [1.82, 2.24) is 5.32 Å². The number of carboxylic acids is 1. The molecule has 6 nitrogen and oxygen atoms in total. The highest BCUT2D eigenvalue weighted by Crippen LogP contribution is 2.17. The number of aromatic carboxylic acids is 1. The van der Waals surface area contributed by atoms with Crippen LogP contribution in [0.3, 0.4) is 0 Å². The Labute approximate surface area is 105 Å². The predicted molar refractivity (Wildman–Crippen MR) is 69.6 cm³/mol. The molecule has 0 aliphatic heterocycles. The maximum atomic E-state index is 11.4. The Morgan fingerprint density at radius 1 is 1.39 bits per heavy atom. The van der Waals surface area contributed by atoms with Gasteiger partial charge in [0, 0.05) is 17.4 Å². The van der Waals surface area contributed by atoms with Crippen molar-refractivity contribution in [2.45, 2.75) is 19.9 Å². The fraction of sp³-hybridized carbons (Fsp3) is 0.333. The summed E-state index contributed by atoms with van der Waals surface area (Å²) in [5.74, 6) is -1.21. The van der Waals surface area contributed by atoms with Gasteiger partial charge in [0.05, 0.1) is 12.1 Å². The Balaban J connectivity index is 2.61. The molecular formula is C12H17N3O3. The van der Waals surface area contributed by atoms with E-state index in [4.69, 9.17) is 10.8 Å². The first-order chi connectivity index (χ1) is 8.40. The monoisotopic (exact) mass is 251 g/mol. The van der Waals surface area contributed by atoms with Crippen LogP contribution < -0.4 is 16.4 Å². The summed E-state index contributed by atoms with van der Waals surface area (Å²) in [6.45, 7) is 3.86. The zero-order valence-electron chi connectivity index (χ0n) is 10.4. The van der Waals surface area contributed by atoms with Crippen LogP contribution in [0, 0.1) is 0 Å². The Bertz CT molecular complexity index is 458. The Kier molecular flexibility index (Phi) is 4.53. The van der Waals surface area contributed by atoms with Crippen LogP contribution in [0.15, 0.2) is 18.2 Å². The van der Waals surface area contributed by atoms with Crippen LogP contribution in [-0.2, 0) is 4.79 Å². The highest BCUT2D eigenvalue weighted by atomic mass is 16.4. The van der Waals surface area contributed by atoms with Crippen LogP contribution in [0.25, 0.3) is 0 Å². The minimum Gasteiger partial charge on any atom is -0.478 e. The van der Waals surface area contributed by atoms with Crippen LogP contribution in [0.4, 0.5) is 11.4 Å². The lowest BCUT2D eigenvalue weighted by Crippen LogP contribution is -2.34. The zero-order valence-corrected chi connectivity index (χ0v) is 10.4. The smallest absolute Gasteiger partial charge is 0.337 e. The third-order valence-electron chi connectivity index (χ3n) is 2.18. The van der Waals surface area contributed by atoms with E-state index in [1.807, 2.05) is 13.8 Å². The Morgan fingerprint density at radius 2 is 2.06 bits per heavy atom. The molecule has 0 atom stereocenters. The molecule has 0 heterocycles. The molecule has 0 saturated heterocycles. The molecule has 5 N–H and O–H groups in total. The van der Waals surface area contributed by atoms with Gasteiger partial charge in [0.25, 0.3) is 0 Å². The van der Waals surface area contributed by atoms with Crippen molar-refractivity contribution in [3.8, 4) is 0 Å². The third-order valence-corrected chi connectivity index (χ3v) is 2.18. The molecule has 98 valence electrons. The van der Waals surface area contributed by atoms with Gasteiger partial charge in [-0.3, -0.25) is 4.79 Å². The molecular weight excluding hydrogens is 234 g/mol. The summed E-state index contributed by atoms with van der Waals surface area (Å²) in [5, 5.41) is 14.4. The Morgan fingerprint density at radius 3 is 2.56 bits per heavy atom. The summed E-state index contributed by atoms with van der Waals surface area (Å²) in [5.41, 5.74) is 6.41. The summed E-state index contributed by atoms with van der Waals surface area (Å²) in [4.78, 5) is 22.1.